The van der Waals surface area contributed by atoms with E-state index in [1.807, 2.05) is 6.20 Å². The highest BCUT2D eigenvalue weighted by molar-refractivity contribution is 5.59. The Morgan fingerprint density at radius 3 is 2.20 bits per heavy atom. The van der Waals surface area contributed by atoms with Crippen LogP contribution in [-0.2, 0) is 5.41 Å². The van der Waals surface area contributed by atoms with Crippen molar-refractivity contribution >= 4 is 0 Å². The molecule has 2 aromatic rings. The van der Waals surface area contributed by atoms with E-state index in [-0.39, 0.29) is 11.5 Å². The largest absolute Gasteiger partial charge is 0.341 e. The van der Waals surface area contributed by atoms with Crippen LogP contribution in [0.4, 0.5) is 0 Å². The van der Waals surface area contributed by atoms with Gasteiger partial charge in [0.2, 0.25) is 0 Å². The van der Waals surface area contributed by atoms with E-state index in [0.29, 0.717) is 5.92 Å². The minimum atomic E-state index is -0.0439. The lowest BCUT2D eigenvalue weighted by Gasteiger charge is -2.19. The molecule has 1 aromatic heterocycles. The number of nitrogens with one attached hydrogen (secondary N) is 1. The Balaban J connectivity index is 2.25. The maximum atomic E-state index is 6.12. The van der Waals surface area contributed by atoms with Gasteiger partial charge in [0, 0.05) is 0 Å². The van der Waals surface area contributed by atoms with E-state index >= 15 is 0 Å². The van der Waals surface area contributed by atoms with Crippen molar-refractivity contribution in [1.29, 1.82) is 0 Å². The molecule has 1 atom stereocenters. The van der Waals surface area contributed by atoms with Gasteiger partial charge in [0.1, 0.15) is 5.82 Å². The summed E-state index contributed by atoms with van der Waals surface area (Å²) in [6.07, 6.45) is 1.86. The third-order valence-electron chi connectivity index (χ3n) is 3.69. The number of imidazole rings is 1. The molecule has 0 bridgehead atoms. The molecule has 0 aliphatic rings. The number of aromatic amines is 1. The zero-order chi connectivity index (χ0) is 14.9. The van der Waals surface area contributed by atoms with Crippen LogP contribution in [0.1, 0.15) is 52.0 Å². The van der Waals surface area contributed by atoms with Crippen molar-refractivity contribution in [2.75, 3.05) is 0 Å². The molecule has 0 saturated heterocycles. The molecule has 3 heteroatoms. The Morgan fingerprint density at radius 1 is 1.10 bits per heavy atom. The van der Waals surface area contributed by atoms with Gasteiger partial charge in [-0.25, -0.2) is 4.98 Å². The van der Waals surface area contributed by atoms with Gasteiger partial charge in [0.05, 0.1) is 17.9 Å². The SMILES string of the molecule is CC(C)C(N)c1ncc(-c2ccc(C(C)(C)C)cc2)[nH]1. The lowest BCUT2D eigenvalue weighted by Crippen LogP contribution is -2.18. The van der Waals surface area contributed by atoms with E-state index in [0.717, 1.165) is 17.1 Å². The van der Waals surface area contributed by atoms with Gasteiger partial charge in [0.25, 0.3) is 0 Å². The number of hydrogen-bond donors (Lipinski definition) is 2. The highest BCUT2D eigenvalue weighted by atomic mass is 15.0. The number of aromatic nitrogens is 2. The molecular weight excluding hydrogens is 246 g/mol. The Labute approximate surface area is 121 Å². The van der Waals surface area contributed by atoms with Crippen LogP contribution in [0.5, 0.6) is 0 Å². The molecule has 0 amide bonds. The topological polar surface area (TPSA) is 54.7 Å². The minimum Gasteiger partial charge on any atom is -0.341 e. The Bertz CT molecular complexity index is 559. The van der Waals surface area contributed by atoms with Gasteiger partial charge in [-0.05, 0) is 22.5 Å². The smallest absolute Gasteiger partial charge is 0.123 e. The van der Waals surface area contributed by atoms with E-state index in [1.165, 1.54) is 5.56 Å². The first-order chi connectivity index (χ1) is 9.29. The van der Waals surface area contributed by atoms with E-state index in [2.05, 4.69) is 68.9 Å². The lowest BCUT2D eigenvalue weighted by molar-refractivity contribution is 0.494. The summed E-state index contributed by atoms with van der Waals surface area (Å²) in [5.74, 6) is 1.23. The molecule has 0 saturated carbocycles. The van der Waals surface area contributed by atoms with Gasteiger partial charge in [0.15, 0.2) is 0 Å². The van der Waals surface area contributed by atoms with Gasteiger partial charge in [-0.15, -0.1) is 0 Å². The molecule has 3 N–H and O–H groups in total. The first-order valence-electron chi connectivity index (χ1n) is 7.20. The first-order valence-corrected chi connectivity index (χ1v) is 7.20. The normalized spacial score (nSPS) is 13.8. The van der Waals surface area contributed by atoms with Crippen LogP contribution >= 0.6 is 0 Å². The van der Waals surface area contributed by atoms with Crippen LogP contribution < -0.4 is 5.73 Å². The van der Waals surface area contributed by atoms with E-state index < -0.39 is 0 Å². The lowest BCUT2D eigenvalue weighted by atomic mass is 9.86. The van der Waals surface area contributed by atoms with Crippen molar-refractivity contribution in [1.82, 2.24) is 9.97 Å². The van der Waals surface area contributed by atoms with Crippen molar-refractivity contribution in [3.8, 4) is 11.3 Å². The van der Waals surface area contributed by atoms with Crippen LogP contribution in [-0.4, -0.2) is 9.97 Å². The van der Waals surface area contributed by atoms with Gasteiger partial charge < -0.3 is 10.7 Å². The minimum absolute atomic E-state index is 0.0439. The van der Waals surface area contributed by atoms with Gasteiger partial charge in [-0.3, -0.25) is 0 Å². The zero-order valence-corrected chi connectivity index (χ0v) is 13.1. The fraction of sp³-hybridized carbons (Fsp3) is 0.471. The van der Waals surface area contributed by atoms with Gasteiger partial charge in [-0.1, -0.05) is 58.9 Å². The monoisotopic (exact) mass is 271 g/mol. The zero-order valence-electron chi connectivity index (χ0n) is 13.1. The molecule has 2 rings (SSSR count). The Morgan fingerprint density at radius 2 is 1.70 bits per heavy atom. The first kappa shape index (κ1) is 14.8. The number of rotatable bonds is 3. The molecule has 0 radical (unpaired) electrons. The fourth-order valence-electron chi connectivity index (χ4n) is 2.12. The van der Waals surface area contributed by atoms with Crippen molar-refractivity contribution in [3.63, 3.8) is 0 Å². The van der Waals surface area contributed by atoms with E-state index in [1.54, 1.807) is 0 Å². The highest BCUT2D eigenvalue weighted by Gasteiger charge is 2.16. The maximum Gasteiger partial charge on any atom is 0.123 e. The predicted molar refractivity (Wildman–Crippen MR) is 84.5 cm³/mol. The second-order valence-corrected chi connectivity index (χ2v) is 6.78. The van der Waals surface area contributed by atoms with Crippen LogP contribution in [0.2, 0.25) is 0 Å². The number of hydrogen-bond acceptors (Lipinski definition) is 2. The summed E-state index contributed by atoms with van der Waals surface area (Å²) < 4.78 is 0. The Kier molecular flexibility index (Phi) is 4.00. The van der Waals surface area contributed by atoms with Gasteiger partial charge >= 0.3 is 0 Å². The summed E-state index contributed by atoms with van der Waals surface area (Å²) in [6.45, 7) is 10.9. The third-order valence-corrected chi connectivity index (χ3v) is 3.69. The summed E-state index contributed by atoms with van der Waals surface area (Å²) in [5, 5.41) is 0. The highest BCUT2D eigenvalue weighted by Crippen LogP contribution is 2.26. The molecule has 108 valence electrons. The quantitative estimate of drug-likeness (QED) is 0.885. The standard InChI is InChI=1S/C17H25N3/c1-11(2)15(18)16-19-10-14(20-16)12-6-8-13(9-7-12)17(3,4)5/h6-11,15H,18H2,1-5H3,(H,19,20). The predicted octanol–water partition coefficient (Wildman–Crippen LogP) is 4.03. The van der Waals surface area contributed by atoms with Gasteiger partial charge in [-0.2, -0.15) is 0 Å². The number of nitrogens with zero attached hydrogens (tertiary/aromatic N) is 1. The maximum absolute atomic E-state index is 6.12. The molecular formula is C17H25N3. The van der Waals surface area contributed by atoms with E-state index in [4.69, 9.17) is 5.73 Å². The number of benzene rings is 1. The molecule has 1 aromatic carbocycles. The molecule has 1 heterocycles. The summed E-state index contributed by atoms with van der Waals surface area (Å²) in [7, 11) is 0. The van der Waals surface area contributed by atoms with Crippen molar-refractivity contribution in [2.45, 2.75) is 46.1 Å². The van der Waals surface area contributed by atoms with Crippen LogP contribution in [0.15, 0.2) is 30.5 Å². The molecule has 0 aliphatic heterocycles. The van der Waals surface area contributed by atoms with Crippen LogP contribution in [0.3, 0.4) is 0 Å². The summed E-state index contributed by atoms with van der Waals surface area (Å²) in [6, 6.07) is 8.59. The summed E-state index contributed by atoms with van der Waals surface area (Å²) in [5.41, 5.74) is 9.80. The second-order valence-electron chi connectivity index (χ2n) is 6.78. The molecule has 0 aliphatic carbocycles. The molecule has 0 spiro atoms. The van der Waals surface area contributed by atoms with Crippen LogP contribution in [0.25, 0.3) is 11.3 Å². The summed E-state index contributed by atoms with van der Waals surface area (Å²) in [4.78, 5) is 7.74. The van der Waals surface area contributed by atoms with Crippen LogP contribution in [0, 0.1) is 5.92 Å². The summed E-state index contributed by atoms with van der Waals surface area (Å²) >= 11 is 0. The average Bonchev–Trinajstić information content (AvgIpc) is 2.86. The molecule has 3 nitrogen and oxygen atoms in total. The molecule has 1 unspecified atom stereocenters. The molecule has 20 heavy (non-hydrogen) atoms. The average molecular weight is 271 g/mol. The fourth-order valence-corrected chi connectivity index (χ4v) is 2.12. The third kappa shape index (κ3) is 3.10. The molecule has 0 fully saturated rings. The Hall–Kier alpha value is -1.61. The number of nitrogens with two attached hydrogens (primary N) is 1. The second kappa shape index (κ2) is 5.41. The van der Waals surface area contributed by atoms with Crippen molar-refractivity contribution in [3.05, 3.63) is 41.9 Å². The van der Waals surface area contributed by atoms with Crippen molar-refractivity contribution < 1.29 is 0 Å². The number of H-pyrrole nitrogens is 1. The van der Waals surface area contributed by atoms with E-state index in [9.17, 15) is 0 Å². The van der Waals surface area contributed by atoms with Crippen molar-refractivity contribution in [2.24, 2.45) is 11.7 Å².